The Balaban J connectivity index is 1.54. The number of allylic oxidation sites excluding steroid dienone is 2. The normalized spacial score (nSPS) is 24.3. The van der Waals surface area contributed by atoms with Gasteiger partial charge in [0.15, 0.2) is 0 Å². The molecule has 2 aliphatic rings. The Morgan fingerprint density at radius 1 is 1.29 bits per heavy atom. The highest BCUT2D eigenvalue weighted by Gasteiger charge is 2.24. The summed E-state index contributed by atoms with van der Waals surface area (Å²) in [6.45, 7) is 5.37. The summed E-state index contributed by atoms with van der Waals surface area (Å²) in [6, 6.07) is 1.68. The predicted octanol–water partition coefficient (Wildman–Crippen LogP) is 2.61. The lowest BCUT2D eigenvalue weighted by atomic mass is 9.90. The van der Waals surface area contributed by atoms with Crippen LogP contribution < -0.4 is 5.56 Å². The summed E-state index contributed by atoms with van der Waals surface area (Å²) in [5, 5.41) is 0. The largest absolute Gasteiger partial charge is 0.311 e. The van der Waals surface area contributed by atoms with E-state index in [1.807, 2.05) is 6.92 Å². The van der Waals surface area contributed by atoms with Crippen LogP contribution in [0.3, 0.4) is 0 Å². The van der Waals surface area contributed by atoms with Crippen LogP contribution in [-0.4, -0.2) is 34.5 Å². The van der Waals surface area contributed by atoms with E-state index in [0.29, 0.717) is 5.92 Å². The first-order valence-corrected chi connectivity index (χ1v) is 8.16. The van der Waals surface area contributed by atoms with Gasteiger partial charge in [-0.05, 0) is 58.0 Å². The summed E-state index contributed by atoms with van der Waals surface area (Å²) in [5.41, 5.74) is 0.963. The molecular formula is C17H25N3O. The molecule has 114 valence electrons. The van der Waals surface area contributed by atoms with E-state index in [1.54, 1.807) is 6.07 Å². The second-order valence-corrected chi connectivity index (χ2v) is 6.48. The van der Waals surface area contributed by atoms with Gasteiger partial charge >= 0.3 is 0 Å². The first-order chi connectivity index (χ1) is 10.2. The average molecular weight is 287 g/mol. The van der Waals surface area contributed by atoms with Crippen LogP contribution in [0, 0.1) is 12.8 Å². The Kier molecular flexibility index (Phi) is 4.54. The van der Waals surface area contributed by atoms with Gasteiger partial charge in [-0.15, -0.1) is 0 Å². The molecule has 0 spiro atoms. The van der Waals surface area contributed by atoms with Gasteiger partial charge in [-0.2, -0.15) is 0 Å². The van der Waals surface area contributed by atoms with Gasteiger partial charge in [-0.1, -0.05) is 12.2 Å². The molecular weight excluding hydrogens is 262 g/mol. The molecule has 0 radical (unpaired) electrons. The standard InChI is InChI=1S/C17H25N3O/c1-13-18-16(11-17(21)19-13)15-7-9-20(10-8-15)12-14-5-3-2-4-6-14/h2-3,11,14-15H,4-10,12H2,1H3,(H,18,19,21)/t14-/m1/s1. The van der Waals surface area contributed by atoms with E-state index in [9.17, 15) is 4.79 Å². The van der Waals surface area contributed by atoms with Crippen LogP contribution in [-0.2, 0) is 0 Å². The van der Waals surface area contributed by atoms with Gasteiger partial charge in [0.25, 0.3) is 5.56 Å². The highest BCUT2D eigenvalue weighted by Crippen LogP contribution is 2.28. The second-order valence-electron chi connectivity index (χ2n) is 6.48. The van der Waals surface area contributed by atoms with E-state index in [0.717, 1.165) is 43.4 Å². The van der Waals surface area contributed by atoms with Gasteiger partial charge in [-0.3, -0.25) is 4.79 Å². The molecule has 1 aromatic rings. The van der Waals surface area contributed by atoms with Gasteiger partial charge in [-0.25, -0.2) is 4.98 Å². The van der Waals surface area contributed by atoms with Crippen LogP contribution in [0.25, 0.3) is 0 Å². The van der Waals surface area contributed by atoms with Crippen molar-refractivity contribution in [2.45, 2.75) is 44.9 Å². The fourth-order valence-electron chi connectivity index (χ4n) is 3.61. The highest BCUT2D eigenvalue weighted by molar-refractivity contribution is 5.09. The van der Waals surface area contributed by atoms with Crippen molar-refractivity contribution < 1.29 is 0 Å². The van der Waals surface area contributed by atoms with Gasteiger partial charge in [0.2, 0.25) is 0 Å². The maximum Gasteiger partial charge on any atom is 0.251 e. The number of H-pyrrole nitrogens is 1. The second kappa shape index (κ2) is 6.56. The zero-order chi connectivity index (χ0) is 14.7. The minimum atomic E-state index is -0.0195. The molecule has 4 heteroatoms. The summed E-state index contributed by atoms with van der Waals surface area (Å²) in [6.07, 6.45) is 10.7. The molecule has 1 atom stereocenters. The molecule has 0 unspecified atom stereocenters. The lowest BCUT2D eigenvalue weighted by Crippen LogP contribution is -2.37. The monoisotopic (exact) mass is 287 g/mol. The minimum absolute atomic E-state index is 0.0195. The quantitative estimate of drug-likeness (QED) is 0.869. The molecule has 21 heavy (non-hydrogen) atoms. The zero-order valence-corrected chi connectivity index (χ0v) is 12.8. The number of aromatic nitrogens is 2. The smallest absolute Gasteiger partial charge is 0.251 e. The first kappa shape index (κ1) is 14.5. The van der Waals surface area contributed by atoms with Gasteiger partial charge in [0, 0.05) is 18.5 Å². The van der Waals surface area contributed by atoms with E-state index >= 15 is 0 Å². The molecule has 0 bridgehead atoms. The molecule has 1 saturated heterocycles. The number of hydrogen-bond acceptors (Lipinski definition) is 3. The summed E-state index contributed by atoms with van der Waals surface area (Å²) in [7, 11) is 0. The van der Waals surface area contributed by atoms with E-state index in [4.69, 9.17) is 0 Å². The summed E-state index contributed by atoms with van der Waals surface area (Å²) < 4.78 is 0. The van der Waals surface area contributed by atoms with Crippen molar-refractivity contribution in [2.24, 2.45) is 5.92 Å². The number of aryl methyl sites for hydroxylation is 1. The molecule has 3 rings (SSSR count). The molecule has 1 fully saturated rings. The lowest BCUT2D eigenvalue weighted by molar-refractivity contribution is 0.176. The maximum atomic E-state index is 11.6. The number of aromatic amines is 1. The first-order valence-electron chi connectivity index (χ1n) is 8.16. The molecule has 0 saturated carbocycles. The minimum Gasteiger partial charge on any atom is -0.311 e. The van der Waals surface area contributed by atoms with Crippen molar-refractivity contribution in [3.05, 3.63) is 40.1 Å². The Bertz CT molecular complexity index is 555. The third-order valence-electron chi connectivity index (χ3n) is 4.78. The summed E-state index contributed by atoms with van der Waals surface area (Å²) in [4.78, 5) is 21.4. The van der Waals surface area contributed by atoms with Crippen LogP contribution in [0.5, 0.6) is 0 Å². The van der Waals surface area contributed by atoms with Crippen molar-refractivity contribution in [3.63, 3.8) is 0 Å². The maximum absolute atomic E-state index is 11.6. The molecule has 1 aliphatic carbocycles. The number of rotatable bonds is 3. The van der Waals surface area contributed by atoms with Crippen LogP contribution in [0.2, 0.25) is 0 Å². The van der Waals surface area contributed by atoms with Crippen LogP contribution >= 0.6 is 0 Å². The highest BCUT2D eigenvalue weighted by atomic mass is 16.1. The van der Waals surface area contributed by atoms with Crippen LogP contribution in [0.4, 0.5) is 0 Å². The molecule has 4 nitrogen and oxygen atoms in total. The third kappa shape index (κ3) is 3.82. The van der Waals surface area contributed by atoms with Crippen molar-refractivity contribution >= 4 is 0 Å². The van der Waals surface area contributed by atoms with E-state index in [-0.39, 0.29) is 5.56 Å². The number of likely N-dealkylation sites (tertiary alicyclic amines) is 1. The Morgan fingerprint density at radius 2 is 2.10 bits per heavy atom. The molecule has 1 aliphatic heterocycles. The molecule has 0 amide bonds. The number of piperidine rings is 1. The molecule has 0 aromatic carbocycles. The predicted molar refractivity (Wildman–Crippen MR) is 84.5 cm³/mol. The Hall–Kier alpha value is -1.42. The summed E-state index contributed by atoms with van der Waals surface area (Å²) >= 11 is 0. The van der Waals surface area contributed by atoms with Crippen molar-refractivity contribution in [2.75, 3.05) is 19.6 Å². The number of nitrogens with one attached hydrogen (secondary N) is 1. The number of nitrogens with zero attached hydrogens (tertiary/aromatic N) is 2. The summed E-state index contributed by atoms with van der Waals surface area (Å²) in [5.74, 6) is 2.02. The number of hydrogen-bond donors (Lipinski definition) is 1. The van der Waals surface area contributed by atoms with E-state index in [1.165, 1.54) is 25.8 Å². The van der Waals surface area contributed by atoms with E-state index in [2.05, 4.69) is 27.0 Å². The van der Waals surface area contributed by atoms with Gasteiger partial charge in [0.05, 0.1) is 5.69 Å². The van der Waals surface area contributed by atoms with Gasteiger partial charge < -0.3 is 9.88 Å². The SMILES string of the molecule is Cc1nc(C2CCN(C[C@@H]3CC=CCC3)CC2)cc(=O)[nH]1. The van der Waals surface area contributed by atoms with Crippen molar-refractivity contribution in [3.8, 4) is 0 Å². The van der Waals surface area contributed by atoms with Crippen LogP contribution in [0.15, 0.2) is 23.0 Å². The molecule has 2 heterocycles. The van der Waals surface area contributed by atoms with Crippen molar-refractivity contribution in [1.29, 1.82) is 0 Å². The van der Waals surface area contributed by atoms with E-state index < -0.39 is 0 Å². The lowest BCUT2D eigenvalue weighted by Gasteiger charge is -2.34. The fraction of sp³-hybridized carbons (Fsp3) is 0.647. The molecule has 1 aromatic heterocycles. The van der Waals surface area contributed by atoms with Gasteiger partial charge in [0.1, 0.15) is 5.82 Å². The molecule has 1 N–H and O–H groups in total. The topological polar surface area (TPSA) is 49.0 Å². The zero-order valence-electron chi connectivity index (χ0n) is 12.8. The fourth-order valence-corrected chi connectivity index (χ4v) is 3.61. The average Bonchev–Trinajstić information content (AvgIpc) is 2.48. The van der Waals surface area contributed by atoms with Crippen LogP contribution in [0.1, 0.15) is 49.5 Å². The van der Waals surface area contributed by atoms with Crippen molar-refractivity contribution in [1.82, 2.24) is 14.9 Å². The third-order valence-corrected chi connectivity index (χ3v) is 4.78. The Labute approximate surface area is 126 Å². The Morgan fingerprint density at radius 3 is 2.76 bits per heavy atom.